The van der Waals surface area contributed by atoms with E-state index in [1.54, 1.807) is 26.1 Å². The normalized spacial score (nSPS) is 26.6. The van der Waals surface area contributed by atoms with Crippen LogP contribution in [0, 0.1) is 0 Å². The van der Waals surface area contributed by atoms with E-state index in [1.165, 1.54) is 4.57 Å². The van der Waals surface area contributed by atoms with Gasteiger partial charge in [-0.25, -0.2) is 28.9 Å². The van der Waals surface area contributed by atoms with Gasteiger partial charge < -0.3 is 56.1 Å². The lowest BCUT2D eigenvalue weighted by Gasteiger charge is -2.29. The number of phosphoric ester groups is 2. The number of aliphatic hydroxyl groups is 4. The van der Waals surface area contributed by atoms with Crippen LogP contribution in [0.25, 0.3) is 11.2 Å². The fraction of sp³-hybridized carbons (Fsp3) is 0.750. The van der Waals surface area contributed by atoms with E-state index >= 15 is 0 Å². The molecule has 0 aromatic carbocycles. The van der Waals surface area contributed by atoms with Crippen LogP contribution in [0.3, 0.4) is 0 Å². The number of likely N-dealkylation sites (tertiary alicyclic amines) is 1. The van der Waals surface area contributed by atoms with E-state index in [2.05, 4.69) is 24.6 Å². The van der Waals surface area contributed by atoms with Gasteiger partial charge in [0.15, 0.2) is 23.2 Å². The summed E-state index contributed by atoms with van der Waals surface area (Å²) in [6.07, 6.45) is -12.8. The largest absolute Gasteiger partial charge is 0.481 e. The van der Waals surface area contributed by atoms with Gasteiger partial charge in [0.2, 0.25) is 5.95 Å². The number of β-amino-alcohol motifs (C(OH)–C–C–N with tert-alkyl or cyclic N) is 1. The van der Waals surface area contributed by atoms with Gasteiger partial charge in [-0.2, -0.15) is 17.5 Å². The maximum Gasteiger partial charge on any atom is 0.481 e. The number of rotatable bonds is 17. The number of nitrogen functional groups attached to an aromatic ring is 1. The molecule has 56 heavy (non-hydrogen) atoms. The maximum absolute atomic E-state index is 12.7. The lowest BCUT2D eigenvalue weighted by Crippen LogP contribution is -2.45. The number of anilines is 2. The van der Waals surface area contributed by atoms with Crippen LogP contribution in [0.15, 0.2) is 6.33 Å². The number of carbonyl (C=O) groups is 2. The van der Waals surface area contributed by atoms with Crippen molar-refractivity contribution in [2.45, 2.75) is 101 Å². The Bertz CT molecular complexity index is 1790. The topological polar surface area (TPSA) is 333 Å². The van der Waals surface area contributed by atoms with Gasteiger partial charge in [-0.15, -0.1) is 0 Å². The molecule has 2 aromatic rings. The van der Waals surface area contributed by atoms with Crippen LogP contribution >= 0.6 is 15.6 Å². The summed E-state index contributed by atoms with van der Waals surface area (Å²) in [6, 6.07) is -1.43. The molecular formula is C28H45F3N8O15P2. The first kappa shape index (κ1) is 45.4. The number of hydrogen-bond donors (Lipinski definition) is 9. The molecule has 2 unspecified atom stereocenters. The Balaban J connectivity index is 1.34. The zero-order valence-corrected chi connectivity index (χ0v) is 32.0. The van der Waals surface area contributed by atoms with Crippen molar-refractivity contribution >= 4 is 50.6 Å². The zero-order valence-electron chi connectivity index (χ0n) is 30.2. The number of halogens is 3. The Hall–Kier alpha value is -3.26. The van der Waals surface area contributed by atoms with Crippen LogP contribution in [0.4, 0.5) is 29.7 Å². The maximum atomic E-state index is 12.7. The molecule has 2 aliphatic rings. The molecule has 0 radical (unpaired) electrons. The minimum atomic E-state index is -5.51. The lowest BCUT2D eigenvalue weighted by atomic mass is 10.1. The smallest absolute Gasteiger partial charge is 0.444 e. The van der Waals surface area contributed by atoms with Gasteiger partial charge in [-0.3, -0.25) is 23.3 Å². The van der Waals surface area contributed by atoms with Crippen LogP contribution in [-0.4, -0.2) is 148 Å². The van der Waals surface area contributed by atoms with Gasteiger partial charge in [0.05, 0.1) is 31.9 Å². The Kier molecular flexibility index (Phi) is 14.7. The summed E-state index contributed by atoms with van der Waals surface area (Å²) in [6.45, 7) is 2.36. The fourth-order valence-electron chi connectivity index (χ4n) is 5.60. The molecule has 0 spiro atoms. The molecular weight excluding hydrogens is 807 g/mol. The minimum Gasteiger partial charge on any atom is -0.444 e. The van der Waals surface area contributed by atoms with Crippen molar-refractivity contribution in [3.8, 4) is 0 Å². The molecule has 2 aromatic heterocycles. The Morgan fingerprint density at radius 3 is 2.21 bits per heavy atom. The van der Waals surface area contributed by atoms with E-state index in [4.69, 9.17) is 24.3 Å². The Morgan fingerprint density at radius 1 is 0.964 bits per heavy atom. The number of fused-ring (bicyclic) bond motifs is 1. The molecule has 28 heteroatoms. The van der Waals surface area contributed by atoms with Crippen LogP contribution < -0.4 is 16.4 Å². The van der Waals surface area contributed by atoms with E-state index in [1.807, 2.05) is 0 Å². The van der Waals surface area contributed by atoms with E-state index < -0.39 is 102 Å². The van der Waals surface area contributed by atoms with E-state index in [0.717, 1.165) is 11.2 Å². The molecule has 0 bridgehead atoms. The molecule has 2 amide bonds. The summed E-state index contributed by atoms with van der Waals surface area (Å²) < 4.78 is 88.3. The van der Waals surface area contributed by atoms with Gasteiger partial charge in [0, 0.05) is 13.1 Å². The molecule has 23 nitrogen and oxygen atoms in total. The first-order valence-electron chi connectivity index (χ1n) is 17.0. The standard InChI is InChI=1S/C28H45F3N8O15P2/c1-27(2,3)53-26(45)38-10-15(40)18(41)14(38)11-50-55(46,47)54-56(48,49)51-12-16-19(42)20(43)23(52-16)39-22-17(21(32)35-13-36-22)37-25(39)34-9-7-5-4-6-8-33-24(44)28(29,30)31/h13-16,18-20,23,40-43H,4-12H2,1-3H3,(H,33,44)(H,34,37)(H,46,47)(H,48,49)(H2,32,35,36)/t14-,15+,16-,18-,19-,20-,23-/m1/s1. The highest BCUT2D eigenvalue weighted by Crippen LogP contribution is 2.60. The summed E-state index contributed by atoms with van der Waals surface area (Å²) in [4.78, 5) is 57.1. The SMILES string of the molecule is CC(C)(C)OC(=O)N1C[C@H](O)[C@H](O)[C@H]1COP(=O)(O)OP(=O)(O)OC[C@H]1O[C@@H](n2c(NCCCCCCNC(=O)C(F)(F)F)nc3c(N)ncnc32)[C@H](O)[C@@H]1O. The first-order valence-corrected chi connectivity index (χ1v) is 20.0. The highest BCUT2D eigenvalue weighted by Gasteiger charge is 2.49. The van der Waals surface area contributed by atoms with Gasteiger partial charge in [0.1, 0.15) is 36.3 Å². The summed E-state index contributed by atoms with van der Waals surface area (Å²) in [5.74, 6) is -2.05. The van der Waals surface area contributed by atoms with E-state index in [9.17, 15) is 62.1 Å². The van der Waals surface area contributed by atoms with Crippen molar-refractivity contribution in [3.05, 3.63) is 6.33 Å². The minimum absolute atomic E-state index is 0.0297. The van der Waals surface area contributed by atoms with E-state index in [-0.39, 0.29) is 42.4 Å². The molecule has 9 atom stereocenters. The molecule has 2 saturated heterocycles. The van der Waals surface area contributed by atoms with Gasteiger partial charge in [-0.05, 0) is 33.6 Å². The monoisotopic (exact) mass is 852 g/mol. The predicted molar refractivity (Wildman–Crippen MR) is 183 cm³/mol. The summed E-state index contributed by atoms with van der Waals surface area (Å²) in [7, 11) is -11.0. The second kappa shape index (κ2) is 18.1. The highest BCUT2D eigenvalue weighted by atomic mass is 31.3. The number of imidazole rings is 1. The molecule has 0 aliphatic carbocycles. The van der Waals surface area contributed by atoms with E-state index in [0.29, 0.717) is 19.3 Å². The second-order valence-electron chi connectivity index (χ2n) is 13.7. The number of carbonyl (C=O) groups excluding carboxylic acids is 2. The van der Waals surface area contributed by atoms with Crippen LogP contribution in [0.1, 0.15) is 52.7 Å². The molecule has 2 fully saturated rings. The predicted octanol–water partition coefficient (Wildman–Crippen LogP) is 0.270. The second-order valence-corrected chi connectivity index (χ2v) is 16.8. The average molecular weight is 853 g/mol. The van der Waals surface area contributed by atoms with Crippen molar-refractivity contribution in [1.29, 1.82) is 0 Å². The number of aliphatic hydroxyl groups excluding tert-OH is 4. The number of unbranched alkanes of at least 4 members (excludes halogenated alkanes) is 3. The van der Waals surface area contributed by atoms with Gasteiger partial charge in [-0.1, -0.05) is 12.8 Å². The van der Waals surface area contributed by atoms with Crippen LogP contribution in [-0.2, 0) is 36.8 Å². The molecule has 2 aliphatic heterocycles. The Labute approximate surface area is 316 Å². The summed E-state index contributed by atoms with van der Waals surface area (Å²) >= 11 is 0. The highest BCUT2D eigenvalue weighted by molar-refractivity contribution is 7.61. The Morgan fingerprint density at radius 2 is 1.59 bits per heavy atom. The van der Waals surface area contributed by atoms with Crippen molar-refractivity contribution < 1.29 is 84.9 Å². The molecule has 10 N–H and O–H groups in total. The van der Waals surface area contributed by atoms with Crippen LogP contribution in [0.5, 0.6) is 0 Å². The quantitative estimate of drug-likeness (QED) is 0.0762. The number of hydrogen-bond acceptors (Lipinski definition) is 18. The zero-order chi connectivity index (χ0) is 41.8. The van der Waals surface area contributed by atoms with Gasteiger partial charge >= 0.3 is 33.8 Å². The fourth-order valence-corrected chi connectivity index (χ4v) is 7.70. The van der Waals surface area contributed by atoms with Gasteiger partial charge in [0.25, 0.3) is 0 Å². The first-order chi connectivity index (χ1) is 25.9. The number of nitrogens with zero attached hydrogens (tertiary/aromatic N) is 5. The van der Waals surface area contributed by atoms with Crippen molar-refractivity contribution in [1.82, 2.24) is 29.7 Å². The third kappa shape index (κ3) is 11.9. The number of alkyl halides is 3. The number of nitrogens with one attached hydrogen (secondary N) is 2. The number of ether oxygens (including phenoxy) is 2. The summed E-state index contributed by atoms with van der Waals surface area (Å²) in [5.41, 5.74) is 5.09. The average Bonchev–Trinajstić information content (AvgIpc) is 3.68. The summed E-state index contributed by atoms with van der Waals surface area (Å²) in [5, 5.41) is 46.9. The van der Waals surface area contributed by atoms with Crippen LogP contribution in [0.2, 0.25) is 0 Å². The number of nitrogens with two attached hydrogens (primary N) is 1. The molecule has 4 heterocycles. The third-order valence-corrected chi connectivity index (χ3v) is 10.8. The third-order valence-electron chi connectivity index (χ3n) is 8.24. The van der Waals surface area contributed by atoms with Crippen molar-refractivity contribution in [3.63, 3.8) is 0 Å². The lowest BCUT2D eigenvalue weighted by molar-refractivity contribution is -0.173. The number of phosphoric acid groups is 2. The molecule has 0 saturated carbocycles. The molecule has 318 valence electrons. The molecule has 4 rings (SSSR count). The van der Waals surface area contributed by atoms with Crippen molar-refractivity contribution in [2.24, 2.45) is 0 Å². The van der Waals surface area contributed by atoms with Crippen molar-refractivity contribution in [2.75, 3.05) is 43.9 Å². The number of aromatic nitrogens is 4. The number of amides is 2.